The average Bonchev–Trinajstić information content (AvgIpc) is 3.01. The van der Waals surface area contributed by atoms with E-state index in [9.17, 15) is 28.7 Å². The number of nitro groups is 1. The number of carbonyl (C=O) groups excluding carboxylic acids is 3. The quantitative estimate of drug-likeness (QED) is 0.158. The molecule has 0 radical (unpaired) electrons. The van der Waals surface area contributed by atoms with E-state index in [-0.39, 0.29) is 28.6 Å². The molecule has 13 heteroatoms. The highest BCUT2D eigenvalue weighted by Crippen LogP contribution is 2.42. The second-order valence-electron chi connectivity index (χ2n) is 9.34. The van der Waals surface area contributed by atoms with Gasteiger partial charge in [0.2, 0.25) is 5.91 Å². The monoisotopic (exact) mass is 607 g/mol. The van der Waals surface area contributed by atoms with E-state index in [1.807, 2.05) is 60.7 Å². The first-order chi connectivity index (χ1) is 20.3. The lowest BCUT2D eigenvalue weighted by Crippen LogP contribution is -2.70. The maximum Gasteiger partial charge on any atom is 0.356 e. The molecule has 2 aliphatic heterocycles. The van der Waals surface area contributed by atoms with Crippen LogP contribution in [0.5, 0.6) is 0 Å². The molecule has 1 saturated heterocycles. The van der Waals surface area contributed by atoms with Gasteiger partial charge in [-0.05, 0) is 17.2 Å². The predicted molar refractivity (Wildman–Crippen MR) is 154 cm³/mol. The van der Waals surface area contributed by atoms with Gasteiger partial charge in [0.15, 0.2) is 6.10 Å². The molecule has 2 heterocycles. The number of hydrogen-bond donors (Lipinski definition) is 1. The fourth-order valence-corrected chi connectivity index (χ4v) is 7.17. The molecule has 5 rings (SSSR count). The topological polar surface area (TPSA) is 145 Å². The van der Waals surface area contributed by atoms with E-state index < -0.39 is 51.3 Å². The van der Waals surface area contributed by atoms with Crippen LogP contribution >= 0.6 is 11.8 Å². The number of nitrogens with one attached hydrogen (secondary N) is 1. The number of fused-ring (bicyclic) bond motifs is 1. The third kappa shape index (κ3) is 5.98. The van der Waals surface area contributed by atoms with Gasteiger partial charge in [0.05, 0.1) is 4.92 Å². The SMILES string of the molecule is CC(=O)OCC1=C(C(=O)OC(c2ccccc2)c2ccccc2)N2C(=O)[C@@H](NS(=O)c3ccccc3[N+](=O)[O-])[C@@H]2SC1. The standard InChI is InChI=1S/C29H25N3O8S2/c1-18(33)39-16-21-17-41-28-24(30-42(38)23-15-9-8-14-22(23)32(36)37)27(34)31(28)25(21)29(35)40-26(19-10-4-2-5-11-19)20-12-6-3-7-13-20/h2-15,24,26,28,30H,16-17H2,1H3/t24-,28+,42?/m1/s1. The van der Waals surface area contributed by atoms with Crippen molar-refractivity contribution in [1.29, 1.82) is 0 Å². The summed E-state index contributed by atoms with van der Waals surface area (Å²) in [6.07, 6.45) is -0.785. The van der Waals surface area contributed by atoms with Crippen LogP contribution in [0, 0.1) is 10.1 Å². The molecule has 1 amide bonds. The molecule has 0 saturated carbocycles. The third-order valence-electron chi connectivity index (χ3n) is 6.62. The second kappa shape index (κ2) is 12.7. The first kappa shape index (κ1) is 29.2. The summed E-state index contributed by atoms with van der Waals surface area (Å²) in [7, 11) is -2.08. The van der Waals surface area contributed by atoms with Gasteiger partial charge < -0.3 is 9.47 Å². The van der Waals surface area contributed by atoms with Crippen LogP contribution < -0.4 is 4.72 Å². The van der Waals surface area contributed by atoms with Gasteiger partial charge >= 0.3 is 11.9 Å². The van der Waals surface area contributed by atoms with E-state index in [4.69, 9.17) is 9.47 Å². The van der Waals surface area contributed by atoms with Gasteiger partial charge in [0.1, 0.15) is 39.6 Å². The number of carbonyl (C=O) groups is 3. The molecular weight excluding hydrogens is 582 g/mol. The van der Waals surface area contributed by atoms with Crippen molar-refractivity contribution in [2.45, 2.75) is 29.3 Å². The van der Waals surface area contributed by atoms with Crippen molar-refractivity contribution >= 4 is 46.3 Å². The number of β-lactam (4-membered cyclic amide) rings is 1. The molecule has 3 atom stereocenters. The fourth-order valence-electron chi connectivity index (χ4n) is 4.64. The molecule has 0 aromatic heterocycles. The van der Waals surface area contributed by atoms with Crippen LogP contribution in [0.4, 0.5) is 5.69 Å². The summed E-state index contributed by atoms with van der Waals surface area (Å²) >= 11 is 1.28. The van der Waals surface area contributed by atoms with Gasteiger partial charge in [0, 0.05) is 24.3 Å². The minimum atomic E-state index is -2.08. The Morgan fingerprint density at radius 2 is 1.64 bits per heavy atom. The molecule has 1 unspecified atom stereocenters. The van der Waals surface area contributed by atoms with Gasteiger partial charge in [-0.25, -0.2) is 13.7 Å². The lowest BCUT2D eigenvalue weighted by Gasteiger charge is -2.49. The Hall–Kier alpha value is -4.33. The summed E-state index contributed by atoms with van der Waals surface area (Å²) < 4.78 is 27.0. The van der Waals surface area contributed by atoms with Crippen LogP contribution in [-0.4, -0.2) is 55.7 Å². The molecule has 0 aliphatic carbocycles. The van der Waals surface area contributed by atoms with Crippen molar-refractivity contribution in [2.75, 3.05) is 12.4 Å². The molecule has 1 fully saturated rings. The number of para-hydroxylation sites is 1. The Kier molecular flexibility index (Phi) is 8.80. The van der Waals surface area contributed by atoms with E-state index >= 15 is 0 Å². The highest BCUT2D eigenvalue weighted by atomic mass is 32.2. The summed E-state index contributed by atoms with van der Waals surface area (Å²) in [5.41, 5.74) is 1.44. The molecule has 3 aromatic rings. The van der Waals surface area contributed by atoms with Gasteiger partial charge in [-0.1, -0.05) is 72.8 Å². The molecule has 3 aromatic carbocycles. The van der Waals surface area contributed by atoms with Crippen molar-refractivity contribution in [3.63, 3.8) is 0 Å². The maximum absolute atomic E-state index is 13.8. The van der Waals surface area contributed by atoms with Crippen LogP contribution in [0.2, 0.25) is 0 Å². The summed E-state index contributed by atoms with van der Waals surface area (Å²) in [5, 5.41) is 10.8. The minimum absolute atomic E-state index is 0.0450. The Balaban J connectivity index is 1.43. The Labute approximate surface area is 247 Å². The zero-order valence-electron chi connectivity index (χ0n) is 22.2. The van der Waals surface area contributed by atoms with Crippen LogP contribution in [0.25, 0.3) is 0 Å². The van der Waals surface area contributed by atoms with Crippen LogP contribution in [0.15, 0.2) is 101 Å². The molecular formula is C29H25N3O8S2. The van der Waals surface area contributed by atoms with Crippen molar-refractivity contribution < 1.29 is 33.0 Å². The van der Waals surface area contributed by atoms with Gasteiger partial charge in [-0.15, -0.1) is 11.8 Å². The molecule has 216 valence electrons. The van der Waals surface area contributed by atoms with E-state index in [2.05, 4.69) is 4.72 Å². The third-order valence-corrected chi connectivity index (χ3v) is 9.17. The van der Waals surface area contributed by atoms with Crippen molar-refractivity contribution in [3.8, 4) is 0 Å². The van der Waals surface area contributed by atoms with Crippen molar-refractivity contribution in [1.82, 2.24) is 9.62 Å². The number of thioether (sulfide) groups is 1. The highest BCUT2D eigenvalue weighted by molar-refractivity contribution is 8.00. The van der Waals surface area contributed by atoms with Crippen LogP contribution in [-0.2, 0) is 34.8 Å². The summed E-state index contributed by atoms with van der Waals surface area (Å²) in [5.74, 6) is -1.68. The summed E-state index contributed by atoms with van der Waals surface area (Å²) in [6.45, 7) is 1.02. The Bertz CT molecular complexity index is 1540. The zero-order valence-corrected chi connectivity index (χ0v) is 23.8. The number of ether oxygens (including phenoxy) is 2. The lowest BCUT2D eigenvalue weighted by atomic mass is 10.0. The van der Waals surface area contributed by atoms with Gasteiger partial charge in [-0.2, -0.15) is 0 Å². The Morgan fingerprint density at radius 1 is 1.05 bits per heavy atom. The molecule has 0 spiro atoms. The Morgan fingerprint density at radius 3 is 2.24 bits per heavy atom. The van der Waals surface area contributed by atoms with E-state index in [0.29, 0.717) is 5.57 Å². The van der Waals surface area contributed by atoms with Crippen LogP contribution in [0.3, 0.4) is 0 Å². The minimum Gasteiger partial charge on any atom is -0.461 e. The lowest BCUT2D eigenvalue weighted by molar-refractivity contribution is -0.387. The normalized spacial score (nSPS) is 18.6. The molecule has 0 bridgehead atoms. The van der Waals surface area contributed by atoms with E-state index in [0.717, 1.165) is 11.1 Å². The largest absolute Gasteiger partial charge is 0.461 e. The predicted octanol–water partition coefficient (Wildman–Crippen LogP) is 3.64. The van der Waals surface area contributed by atoms with E-state index in [1.165, 1.54) is 47.9 Å². The number of benzene rings is 3. The summed E-state index contributed by atoms with van der Waals surface area (Å²) in [6, 6.07) is 22.8. The highest BCUT2D eigenvalue weighted by Gasteiger charge is 2.55. The fraction of sp³-hybridized carbons (Fsp3) is 0.207. The molecule has 2 aliphatic rings. The zero-order chi connectivity index (χ0) is 29.8. The smallest absolute Gasteiger partial charge is 0.356 e. The average molecular weight is 608 g/mol. The van der Waals surface area contributed by atoms with Gasteiger partial charge in [0.25, 0.3) is 5.69 Å². The van der Waals surface area contributed by atoms with Crippen LogP contribution in [0.1, 0.15) is 24.2 Å². The number of amides is 1. The molecule has 42 heavy (non-hydrogen) atoms. The first-order valence-electron chi connectivity index (χ1n) is 12.8. The summed E-state index contributed by atoms with van der Waals surface area (Å²) in [4.78, 5) is 50.8. The van der Waals surface area contributed by atoms with Crippen molar-refractivity contribution in [3.05, 3.63) is 117 Å². The number of rotatable bonds is 10. The van der Waals surface area contributed by atoms with Gasteiger partial charge in [-0.3, -0.25) is 24.6 Å². The number of esters is 2. The molecule has 1 N–H and O–H groups in total. The number of nitrogens with zero attached hydrogens (tertiary/aromatic N) is 2. The van der Waals surface area contributed by atoms with Crippen molar-refractivity contribution in [2.24, 2.45) is 0 Å². The number of hydrogen-bond acceptors (Lipinski definition) is 9. The maximum atomic E-state index is 13.8. The second-order valence-corrected chi connectivity index (χ2v) is 11.7. The number of nitro benzene ring substituents is 1. The first-order valence-corrected chi connectivity index (χ1v) is 15.0. The molecule has 11 nitrogen and oxygen atoms in total. The van der Waals surface area contributed by atoms with E-state index in [1.54, 1.807) is 0 Å².